The Morgan fingerprint density at radius 3 is 2.61 bits per heavy atom. The van der Waals surface area contributed by atoms with Gasteiger partial charge in [-0.15, -0.1) is 0 Å². The summed E-state index contributed by atoms with van der Waals surface area (Å²) in [6.45, 7) is 5.46. The number of nitrogens with one attached hydrogen (secondary N) is 1. The number of carbonyl (C=O) groups excluding carboxylic acids is 1. The van der Waals surface area contributed by atoms with Crippen LogP contribution in [0, 0.1) is 46.3 Å². The first-order chi connectivity index (χ1) is 17.3. The quantitative estimate of drug-likeness (QED) is 0.406. The van der Waals surface area contributed by atoms with Crippen LogP contribution in [0.5, 0.6) is 0 Å². The summed E-state index contributed by atoms with van der Waals surface area (Å²) in [4.78, 5) is 22.8. The molecule has 188 valence electrons. The number of aliphatic carboxylic acids is 1. The van der Waals surface area contributed by atoms with E-state index < -0.39 is 60.3 Å². The van der Waals surface area contributed by atoms with Crippen LogP contribution in [0.15, 0.2) is 0 Å². The molecular weight excluding hydrogens is 422 g/mol. The molecular formula is C26H43NO6. The normalized spacial score (nSPS) is 55.2. The van der Waals surface area contributed by atoms with Crippen LogP contribution in [-0.4, -0.2) is 57.1 Å². The van der Waals surface area contributed by atoms with E-state index in [2.05, 4.69) is 5.32 Å². The lowest BCUT2D eigenvalue weighted by atomic mass is 9.43. The highest BCUT2D eigenvalue weighted by molar-refractivity contribution is 5.81. The van der Waals surface area contributed by atoms with Crippen LogP contribution < -0.4 is 5.32 Å². The first-order valence-electron chi connectivity index (χ1n) is 14.9. The highest BCUT2D eigenvalue weighted by Crippen LogP contribution is 2.68. The van der Waals surface area contributed by atoms with Crippen LogP contribution in [0.1, 0.15) is 85.3 Å². The molecule has 33 heavy (non-hydrogen) atoms. The van der Waals surface area contributed by atoms with Gasteiger partial charge in [0.2, 0.25) is 5.91 Å². The van der Waals surface area contributed by atoms with Gasteiger partial charge in [0.15, 0.2) is 0 Å². The number of carboxylic acids is 1. The van der Waals surface area contributed by atoms with Gasteiger partial charge in [-0.1, -0.05) is 20.8 Å². The number of amides is 1. The SMILES string of the molecule is [2H]C1([2H])C[C@@]2(C)[C@H](C[C@@H](O)C3[C@@H]2C[C@H](O)[C@]2(C)[C@@H]([C@H](C)CCC(=O)NCC(=O)O)CC[C@@H]32)C([2H])([2H])[C@]1([2H])O. The maximum atomic E-state index is 12.1. The monoisotopic (exact) mass is 470 g/mol. The van der Waals surface area contributed by atoms with Crippen molar-refractivity contribution >= 4 is 11.9 Å². The number of carboxylic acid groups (broad SMARTS) is 1. The molecule has 0 radical (unpaired) electrons. The summed E-state index contributed by atoms with van der Waals surface area (Å²) in [5.41, 5.74) is -1.51. The Kier molecular flexibility index (Phi) is 5.27. The van der Waals surface area contributed by atoms with Crippen molar-refractivity contribution in [2.45, 2.75) is 96.8 Å². The van der Waals surface area contributed by atoms with Crippen molar-refractivity contribution < 1.29 is 36.9 Å². The van der Waals surface area contributed by atoms with E-state index in [0.717, 1.165) is 12.8 Å². The average molecular weight is 471 g/mol. The van der Waals surface area contributed by atoms with E-state index in [4.69, 9.17) is 12.0 Å². The number of fused-ring (bicyclic) bond motifs is 5. The Morgan fingerprint density at radius 2 is 1.91 bits per heavy atom. The molecule has 4 fully saturated rings. The summed E-state index contributed by atoms with van der Waals surface area (Å²) in [6.07, 6.45) is -7.41. The predicted molar refractivity (Wildman–Crippen MR) is 123 cm³/mol. The Hall–Kier alpha value is -1.18. The number of rotatable bonds is 6. The topological polar surface area (TPSA) is 127 Å². The molecule has 5 N–H and O–H groups in total. The molecule has 7 heteroatoms. The van der Waals surface area contributed by atoms with E-state index in [1.807, 2.05) is 20.8 Å². The van der Waals surface area contributed by atoms with Crippen LogP contribution in [-0.2, 0) is 9.59 Å². The average Bonchev–Trinajstić information content (AvgIpc) is 3.15. The van der Waals surface area contributed by atoms with Crippen molar-refractivity contribution in [3.63, 3.8) is 0 Å². The fraction of sp³-hybridized carbons (Fsp3) is 0.923. The predicted octanol–water partition coefficient (Wildman–Crippen LogP) is 2.56. The van der Waals surface area contributed by atoms with Crippen molar-refractivity contribution in [1.82, 2.24) is 5.32 Å². The third kappa shape index (κ3) is 4.23. The highest BCUT2D eigenvalue weighted by Gasteiger charge is 2.65. The van der Waals surface area contributed by atoms with Gasteiger partial charge in [0, 0.05) is 11.9 Å². The molecule has 0 heterocycles. The Labute approximate surface area is 204 Å². The van der Waals surface area contributed by atoms with E-state index in [-0.39, 0.29) is 61.2 Å². The number of hydrogen-bond acceptors (Lipinski definition) is 5. The molecule has 0 aliphatic heterocycles. The van der Waals surface area contributed by atoms with E-state index in [1.165, 1.54) is 0 Å². The van der Waals surface area contributed by atoms with Crippen molar-refractivity contribution in [3.8, 4) is 0 Å². The molecule has 0 aromatic rings. The Bertz CT molecular complexity index is 964. The molecule has 4 saturated carbocycles. The highest BCUT2D eigenvalue weighted by atomic mass is 16.4. The summed E-state index contributed by atoms with van der Waals surface area (Å²) in [6, 6.07) is 0. The Morgan fingerprint density at radius 1 is 1.18 bits per heavy atom. The van der Waals surface area contributed by atoms with Crippen LogP contribution >= 0.6 is 0 Å². The summed E-state index contributed by atoms with van der Waals surface area (Å²) >= 11 is 0. The minimum Gasteiger partial charge on any atom is -0.480 e. The first-order valence-corrected chi connectivity index (χ1v) is 12.4. The van der Waals surface area contributed by atoms with Crippen molar-refractivity contribution in [2.75, 3.05) is 6.54 Å². The van der Waals surface area contributed by atoms with Crippen LogP contribution in [0.3, 0.4) is 0 Å². The maximum absolute atomic E-state index is 12.1. The second kappa shape index (κ2) is 9.12. The lowest BCUT2D eigenvalue weighted by Crippen LogP contribution is -2.62. The van der Waals surface area contributed by atoms with Gasteiger partial charge in [-0.25, -0.2) is 0 Å². The zero-order chi connectivity index (χ0) is 28.6. The van der Waals surface area contributed by atoms with Gasteiger partial charge in [0.25, 0.3) is 0 Å². The zero-order valence-corrected chi connectivity index (χ0v) is 19.9. The van der Waals surface area contributed by atoms with Crippen molar-refractivity contribution in [3.05, 3.63) is 0 Å². The Balaban J connectivity index is 1.59. The largest absolute Gasteiger partial charge is 0.480 e. The van der Waals surface area contributed by atoms with Crippen molar-refractivity contribution in [1.29, 1.82) is 0 Å². The minimum absolute atomic E-state index is 0.0224. The van der Waals surface area contributed by atoms with Gasteiger partial charge in [-0.2, -0.15) is 0 Å². The van der Waals surface area contributed by atoms with Gasteiger partial charge >= 0.3 is 5.97 Å². The molecule has 1 amide bonds. The standard InChI is InChI=1S/C26H43NO6/c1-14(4-7-22(31)27-13-23(32)33)17-5-6-18-24-19(12-21(30)26(17,18)3)25(2)9-8-16(28)10-15(25)11-20(24)29/h14-21,24,28-30H,4-13H2,1-3H3,(H,27,31)(H,32,33)/t14-,15+,16-,17-,18+,19+,20-,21+,24?,25+,26-/m1/s1/i8D2,10D2,16D. The molecule has 0 spiro atoms. The summed E-state index contributed by atoms with van der Waals surface area (Å²) in [7, 11) is 0. The second-order valence-electron chi connectivity index (χ2n) is 11.5. The number of aliphatic hydroxyl groups is 3. The molecule has 0 saturated heterocycles. The molecule has 0 bridgehead atoms. The number of hydrogen-bond donors (Lipinski definition) is 5. The molecule has 0 aromatic carbocycles. The lowest BCUT2D eigenvalue weighted by molar-refractivity contribution is -0.207. The number of aliphatic hydroxyl groups excluding tert-OH is 2. The lowest BCUT2D eigenvalue weighted by Gasteiger charge is -2.63. The minimum atomic E-state index is -2.96. The van der Waals surface area contributed by atoms with Gasteiger partial charge in [-0.3, -0.25) is 9.59 Å². The molecule has 4 aliphatic carbocycles. The van der Waals surface area contributed by atoms with Crippen LogP contribution in [0.2, 0.25) is 0 Å². The van der Waals surface area contributed by atoms with E-state index in [0.29, 0.717) is 6.42 Å². The fourth-order valence-electron chi connectivity index (χ4n) is 8.15. The van der Waals surface area contributed by atoms with Gasteiger partial charge < -0.3 is 25.7 Å². The summed E-state index contributed by atoms with van der Waals surface area (Å²) < 4.78 is 42.4. The number of carbonyl (C=O) groups is 2. The first kappa shape index (κ1) is 19.1. The fourth-order valence-corrected chi connectivity index (χ4v) is 8.15. The molecule has 7 nitrogen and oxygen atoms in total. The molecule has 4 rings (SSSR count). The third-order valence-electron chi connectivity index (χ3n) is 9.97. The zero-order valence-electron chi connectivity index (χ0n) is 24.9. The molecule has 1 unspecified atom stereocenters. The molecule has 0 aromatic heterocycles. The van der Waals surface area contributed by atoms with Gasteiger partial charge in [0.1, 0.15) is 6.54 Å². The second-order valence-corrected chi connectivity index (χ2v) is 11.5. The van der Waals surface area contributed by atoms with Gasteiger partial charge in [-0.05, 0) is 97.6 Å². The molecule has 11 atom stereocenters. The van der Waals surface area contributed by atoms with Crippen molar-refractivity contribution in [2.24, 2.45) is 46.3 Å². The smallest absolute Gasteiger partial charge is 0.322 e. The van der Waals surface area contributed by atoms with E-state index in [9.17, 15) is 24.9 Å². The summed E-state index contributed by atoms with van der Waals surface area (Å²) in [5.74, 6) is -2.97. The van der Waals surface area contributed by atoms with Crippen LogP contribution in [0.25, 0.3) is 0 Å². The molecule has 4 aliphatic rings. The van der Waals surface area contributed by atoms with Crippen LogP contribution in [0.4, 0.5) is 0 Å². The van der Waals surface area contributed by atoms with Gasteiger partial charge in [0.05, 0.1) is 19.7 Å². The summed E-state index contributed by atoms with van der Waals surface area (Å²) in [5, 5.41) is 45.0. The van der Waals surface area contributed by atoms with E-state index in [1.54, 1.807) is 0 Å². The van der Waals surface area contributed by atoms with E-state index >= 15 is 0 Å². The third-order valence-corrected chi connectivity index (χ3v) is 9.97. The maximum Gasteiger partial charge on any atom is 0.322 e.